The van der Waals surface area contributed by atoms with Crippen LogP contribution in [-0.2, 0) is 11.6 Å². The highest BCUT2D eigenvalue weighted by molar-refractivity contribution is 5.96. The minimum atomic E-state index is -4.55. The number of aromatic nitrogens is 3. The molecule has 156 valence electrons. The third kappa shape index (κ3) is 3.65. The minimum Gasteiger partial charge on any atom is -0.333 e. The molecule has 0 spiro atoms. The van der Waals surface area contributed by atoms with Crippen LogP contribution in [0.3, 0.4) is 0 Å². The molecule has 0 radical (unpaired) electrons. The van der Waals surface area contributed by atoms with Crippen LogP contribution in [-0.4, -0.2) is 37.9 Å². The van der Waals surface area contributed by atoms with Crippen LogP contribution in [0.15, 0.2) is 30.5 Å². The zero-order valence-electron chi connectivity index (χ0n) is 16.8. The van der Waals surface area contributed by atoms with Crippen LogP contribution in [0.25, 0.3) is 0 Å². The molecule has 3 heterocycles. The number of halogens is 3. The number of benzene rings is 1. The Morgan fingerprint density at radius 2 is 1.66 bits per heavy atom. The highest BCUT2D eigenvalue weighted by Crippen LogP contribution is 2.42. The van der Waals surface area contributed by atoms with Gasteiger partial charge in [-0.1, -0.05) is 38.1 Å². The number of carbonyl (C=O) groups is 1. The molecule has 8 heteroatoms. The second-order valence-corrected chi connectivity index (χ2v) is 9.10. The fourth-order valence-electron chi connectivity index (χ4n) is 4.55. The lowest BCUT2D eigenvalue weighted by atomic mass is 9.92. The Labute approximate surface area is 167 Å². The van der Waals surface area contributed by atoms with Crippen molar-refractivity contribution in [1.29, 1.82) is 0 Å². The molecule has 4 rings (SSSR count). The zero-order valence-corrected chi connectivity index (χ0v) is 16.8. The van der Waals surface area contributed by atoms with E-state index in [1.165, 1.54) is 18.2 Å². The summed E-state index contributed by atoms with van der Waals surface area (Å²) in [5.74, 6) is -0.516. The number of hydrogen-bond acceptors (Lipinski definition) is 3. The van der Waals surface area contributed by atoms with E-state index in [9.17, 15) is 18.0 Å². The molecular formula is C21H25F3N4O. The average molecular weight is 406 g/mol. The van der Waals surface area contributed by atoms with Crippen LogP contribution in [0.1, 0.15) is 74.1 Å². The topological polar surface area (TPSA) is 51.0 Å². The Morgan fingerprint density at radius 1 is 1.03 bits per heavy atom. The number of rotatable bonds is 2. The van der Waals surface area contributed by atoms with Crippen molar-refractivity contribution in [2.24, 2.45) is 0 Å². The Bertz CT molecular complexity index is 901. The number of amides is 1. The van der Waals surface area contributed by atoms with Crippen molar-refractivity contribution in [2.45, 2.75) is 76.2 Å². The molecule has 5 nitrogen and oxygen atoms in total. The Morgan fingerprint density at radius 3 is 2.21 bits per heavy atom. The number of alkyl halides is 3. The van der Waals surface area contributed by atoms with Crippen molar-refractivity contribution in [3.63, 3.8) is 0 Å². The lowest BCUT2D eigenvalue weighted by Crippen LogP contribution is -2.47. The normalized spacial score (nSPS) is 24.8. The van der Waals surface area contributed by atoms with Crippen molar-refractivity contribution in [3.8, 4) is 0 Å². The van der Waals surface area contributed by atoms with Gasteiger partial charge >= 0.3 is 6.18 Å². The van der Waals surface area contributed by atoms with Gasteiger partial charge in [0.15, 0.2) is 0 Å². The summed E-state index contributed by atoms with van der Waals surface area (Å²) in [6.07, 6.45) is 0.394. The van der Waals surface area contributed by atoms with Gasteiger partial charge in [0.1, 0.15) is 0 Å². The molecule has 1 aromatic heterocycles. The molecule has 2 aliphatic heterocycles. The first-order chi connectivity index (χ1) is 13.6. The molecule has 2 unspecified atom stereocenters. The average Bonchev–Trinajstić information content (AvgIpc) is 3.24. The van der Waals surface area contributed by atoms with Gasteiger partial charge in [-0.3, -0.25) is 4.79 Å². The van der Waals surface area contributed by atoms with Gasteiger partial charge in [0.2, 0.25) is 0 Å². The summed E-state index contributed by atoms with van der Waals surface area (Å²) in [5.41, 5.74) is -0.318. The van der Waals surface area contributed by atoms with Gasteiger partial charge in [0, 0.05) is 23.7 Å². The van der Waals surface area contributed by atoms with Crippen LogP contribution < -0.4 is 0 Å². The van der Waals surface area contributed by atoms with Gasteiger partial charge in [-0.2, -0.15) is 13.2 Å². The van der Waals surface area contributed by atoms with E-state index >= 15 is 0 Å². The standard InChI is InChI=1S/C21H25F3N4O/c1-20(2,3)18-12-27(26-25-18)15-10-13-8-9-14(11-15)28(13)19(29)16-6-4-5-7-17(16)21(22,23)24/h4-7,12-15H,8-11H2,1-3H3. The molecule has 0 aliphatic carbocycles. The fraction of sp³-hybridized carbons (Fsp3) is 0.571. The summed E-state index contributed by atoms with van der Waals surface area (Å²) in [6, 6.07) is 5.02. The van der Waals surface area contributed by atoms with Crippen molar-refractivity contribution in [2.75, 3.05) is 0 Å². The lowest BCUT2D eigenvalue weighted by molar-refractivity contribution is -0.138. The number of fused-ring (bicyclic) bond motifs is 2. The number of nitrogens with zero attached hydrogens (tertiary/aromatic N) is 4. The van der Waals surface area contributed by atoms with Crippen molar-refractivity contribution >= 4 is 5.91 Å². The molecule has 1 amide bonds. The van der Waals surface area contributed by atoms with Gasteiger partial charge in [0.05, 0.1) is 22.9 Å². The second kappa shape index (κ2) is 6.85. The van der Waals surface area contributed by atoms with Gasteiger partial charge < -0.3 is 4.90 Å². The second-order valence-electron chi connectivity index (χ2n) is 9.10. The maximum Gasteiger partial charge on any atom is 0.417 e. The maximum absolute atomic E-state index is 13.4. The predicted molar refractivity (Wildman–Crippen MR) is 101 cm³/mol. The summed E-state index contributed by atoms with van der Waals surface area (Å²) in [5, 5.41) is 8.57. The van der Waals surface area contributed by atoms with E-state index in [4.69, 9.17) is 0 Å². The molecule has 2 fully saturated rings. The maximum atomic E-state index is 13.4. The summed E-state index contributed by atoms with van der Waals surface area (Å²) >= 11 is 0. The van der Waals surface area contributed by atoms with Gasteiger partial charge in [-0.05, 0) is 37.8 Å². The summed E-state index contributed by atoms with van der Waals surface area (Å²) < 4.78 is 42.0. The number of carbonyl (C=O) groups excluding carboxylic acids is 1. The Balaban J connectivity index is 1.56. The Hall–Kier alpha value is -2.38. The van der Waals surface area contributed by atoms with Crippen LogP contribution in [0, 0.1) is 0 Å². The molecule has 2 saturated heterocycles. The first-order valence-electron chi connectivity index (χ1n) is 9.97. The van der Waals surface area contributed by atoms with E-state index in [0.717, 1.165) is 24.6 Å². The van der Waals surface area contributed by atoms with Crippen LogP contribution in [0.5, 0.6) is 0 Å². The van der Waals surface area contributed by atoms with E-state index in [-0.39, 0.29) is 29.1 Å². The van der Waals surface area contributed by atoms with Crippen LogP contribution >= 0.6 is 0 Å². The lowest BCUT2D eigenvalue weighted by Gasteiger charge is -2.39. The summed E-state index contributed by atoms with van der Waals surface area (Å²) in [4.78, 5) is 14.8. The highest BCUT2D eigenvalue weighted by atomic mass is 19.4. The SMILES string of the molecule is CC(C)(C)c1cn(C2CC3CCC(C2)N3C(=O)c2ccccc2C(F)(F)F)nn1. The van der Waals surface area contributed by atoms with Gasteiger partial charge in [0.25, 0.3) is 5.91 Å². The fourth-order valence-corrected chi connectivity index (χ4v) is 4.55. The molecule has 2 aliphatic rings. The smallest absolute Gasteiger partial charge is 0.333 e. The Kier molecular flexibility index (Phi) is 4.70. The monoisotopic (exact) mass is 406 g/mol. The van der Waals surface area contributed by atoms with Crippen molar-refractivity contribution < 1.29 is 18.0 Å². The molecular weight excluding hydrogens is 381 g/mol. The van der Waals surface area contributed by atoms with E-state index in [1.807, 2.05) is 10.9 Å². The predicted octanol–water partition coefficient (Wildman–Crippen LogP) is 4.60. The van der Waals surface area contributed by atoms with E-state index in [0.29, 0.717) is 12.8 Å². The molecule has 29 heavy (non-hydrogen) atoms. The molecule has 0 saturated carbocycles. The van der Waals surface area contributed by atoms with Crippen LogP contribution in [0.4, 0.5) is 13.2 Å². The van der Waals surface area contributed by atoms with Crippen molar-refractivity contribution in [3.05, 3.63) is 47.3 Å². The van der Waals surface area contributed by atoms with Gasteiger partial charge in [-0.25, -0.2) is 4.68 Å². The van der Waals surface area contributed by atoms with Crippen LogP contribution in [0.2, 0.25) is 0 Å². The zero-order chi connectivity index (χ0) is 21.0. The largest absolute Gasteiger partial charge is 0.417 e. The first kappa shape index (κ1) is 19.9. The molecule has 2 atom stereocenters. The first-order valence-corrected chi connectivity index (χ1v) is 9.97. The minimum absolute atomic E-state index is 0.0742. The van der Waals surface area contributed by atoms with E-state index in [2.05, 4.69) is 31.1 Å². The van der Waals surface area contributed by atoms with Crippen molar-refractivity contribution in [1.82, 2.24) is 19.9 Å². The van der Waals surface area contributed by atoms with Gasteiger partial charge in [-0.15, -0.1) is 5.10 Å². The molecule has 2 bridgehead atoms. The quantitative estimate of drug-likeness (QED) is 0.732. The summed E-state index contributed by atoms with van der Waals surface area (Å²) in [6.45, 7) is 6.22. The molecule has 1 aromatic carbocycles. The molecule has 0 N–H and O–H groups in total. The molecule has 2 aromatic rings. The summed E-state index contributed by atoms with van der Waals surface area (Å²) in [7, 11) is 0. The highest BCUT2D eigenvalue weighted by Gasteiger charge is 2.46. The third-order valence-electron chi connectivity index (χ3n) is 6.06. The number of hydrogen-bond donors (Lipinski definition) is 0. The number of piperidine rings is 1. The van der Waals surface area contributed by atoms with E-state index < -0.39 is 17.6 Å². The third-order valence-corrected chi connectivity index (χ3v) is 6.06. The van der Waals surface area contributed by atoms with E-state index in [1.54, 1.807) is 4.90 Å².